The molecule has 0 radical (unpaired) electrons. The van der Waals surface area contributed by atoms with Crippen molar-refractivity contribution in [1.29, 1.82) is 5.26 Å². The molecule has 0 aliphatic heterocycles. The monoisotopic (exact) mass is 558 g/mol. The minimum atomic E-state index is -0.0612. The van der Waals surface area contributed by atoms with Gasteiger partial charge in [0.05, 0.1) is 28.9 Å². The third-order valence-electron chi connectivity index (χ3n) is 6.25. The summed E-state index contributed by atoms with van der Waals surface area (Å²) in [7, 11) is 5.54. The van der Waals surface area contributed by atoms with E-state index < -0.39 is 0 Å². The van der Waals surface area contributed by atoms with Crippen LogP contribution in [0.25, 0.3) is 10.9 Å². The molecule has 0 aliphatic carbocycles. The van der Waals surface area contributed by atoms with Gasteiger partial charge in [-0.15, -0.1) is 0 Å². The summed E-state index contributed by atoms with van der Waals surface area (Å²) in [4.78, 5) is 23.4. The van der Waals surface area contributed by atoms with Gasteiger partial charge in [0.1, 0.15) is 29.9 Å². The molecule has 9 nitrogen and oxygen atoms in total. The van der Waals surface area contributed by atoms with Gasteiger partial charge in [0.2, 0.25) is 5.91 Å². The van der Waals surface area contributed by atoms with Crippen molar-refractivity contribution in [2.75, 3.05) is 38.4 Å². The molecular formula is C30H31ClN6O3. The number of anilines is 3. The van der Waals surface area contributed by atoms with Crippen LogP contribution in [0.5, 0.6) is 11.5 Å². The molecule has 0 saturated heterocycles. The zero-order valence-corrected chi connectivity index (χ0v) is 23.7. The minimum Gasteiger partial charge on any atom is -0.495 e. The number of amides is 1. The Balaban J connectivity index is 1.57. The van der Waals surface area contributed by atoms with Crippen molar-refractivity contribution >= 4 is 45.5 Å². The number of hydrogen-bond acceptors (Lipinski definition) is 8. The summed E-state index contributed by atoms with van der Waals surface area (Å²) in [5.74, 6) is 1.05. The molecule has 1 amide bonds. The highest BCUT2D eigenvalue weighted by Crippen LogP contribution is 2.35. The van der Waals surface area contributed by atoms with E-state index in [0.717, 1.165) is 18.5 Å². The van der Waals surface area contributed by atoms with Crippen LogP contribution in [-0.4, -0.2) is 48.5 Å². The largest absolute Gasteiger partial charge is 0.495 e. The Morgan fingerprint density at radius 3 is 2.70 bits per heavy atom. The molecule has 0 fully saturated rings. The maximum absolute atomic E-state index is 12.6. The lowest BCUT2D eigenvalue weighted by Gasteiger charge is -2.16. The average Bonchev–Trinajstić information content (AvgIpc) is 2.93. The second kappa shape index (κ2) is 13.1. The van der Waals surface area contributed by atoms with Gasteiger partial charge in [0.25, 0.3) is 0 Å². The first kappa shape index (κ1) is 28.6. The molecule has 2 aromatic heterocycles. The van der Waals surface area contributed by atoms with Crippen LogP contribution in [0, 0.1) is 18.3 Å². The molecule has 4 aromatic rings. The summed E-state index contributed by atoms with van der Waals surface area (Å²) in [6, 6.07) is 14.8. The molecule has 10 heteroatoms. The number of halogens is 1. The number of aromatic nitrogens is 2. The van der Waals surface area contributed by atoms with E-state index in [1.165, 1.54) is 6.20 Å². The van der Waals surface area contributed by atoms with E-state index in [-0.39, 0.29) is 12.5 Å². The van der Waals surface area contributed by atoms with Gasteiger partial charge in [-0.3, -0.25) is 14.8 Å². The quantitative estimate of drug-likeness (QED) is 0.228. The molecule has 0 spiro atoms. The predicted octanol–water partition coefficient (Wildman–Crippen LogP) is 6.07. The van der Waals surface area contributed by atoms with Crippen LogP contribution in [0.4, 0.5) is 17.1 Å². The topological polar surface area (TPSA) is 112 Å². The first-order valence-electron chi connectivity index (χ1n) is 12.7. The van der Waals surface area contributed by atoms with Crippen LogP contribution in [0.3, 0.4) is 0 Å². The van der Waals surface area contributed by atoms with E-state index in [1.807, 2.05) is 50.2 Å². The molecule has 0 bridgehead atoms. The van der Waals surface area contributed by atoms with Crippen molar-refractivity contribution < 1.29 is 14.3 Å². The van der Waals surface area contributed by atoms with E-state index in [4.69, 9.17) is 21.1 Å². The summed E-state index contributed by atoms with van der Waals surface area (Å²) in [5.41, 5.74) is 4.49. The third kappa shape index (κ3) is 6.97. The fourth-order valence-corrected chi connectivity index (χ4v) is 4.40. The lowest BCUT2D eigenvalue weighted by atomic mass is 10.0. The highest BCUT2D eigenvalue weighted by Gasteiger charge is 2.15. The van der Waals surface area contributed by atoms with Gasteiger partial charge in [0.15, 0.2) is 0 Å². The fourth-order valence-electron chi connectivity index (χ4n) is 4.17. The number of rotatable bonds is 11. The number of aryl methyl sites for hydroxylation is 1. The Hall–Kier alpha value is -4.39. The number of pyridine rings is 2. The summed E-state index contributed by atoms with van der Waals surface area (Å²) < 4.78 is 11.2. The summed E-state index contributed by atoms with van der Waals surface area (Å²) >= 11 is 6.55. The van der Waals surface area contributed by atoms with Crippen LogP contribution in [0.1, 0.15) is 29.7 Å². The van der Waals surface area contributed by atoms with Gasteiger partial charge in [-0.05, 0) is 82.0 Å². The van der Waals surface area contributed by atoms with E-state index in [9.17, 15) is 10.1 Å². The highest BCUT2D eigenvalue weighted by molar-refractivity contribution is 6.32. The normalized spacial score (nSPS) is 10.8. The zero-order chi connectivity index (χ0) is 28.6. The van der Waals surface area contributed by atoms with Gasteiger partial charge >= 0.3 is 0 Å². The van der Waals surface area contributed by atoms with Crippen LogP contribution >= 0.6 is 11.6 Å². The maximum atomic E-state index is 12.6. The summed E-state index contributed by atoms with van der Waals surface area (Å²) in [6.45, 7) is 2.94. The Morgan fingerprint density at radius 2 is 1.98 bits per heavy atom. The Kier molecular flexibility index (Phi) is 9.38. The third-order valence-corrected chi connectivity index (χ3v) is 6.55. The predicted molar refractivity (Wildman–Crippen MR) is 157 cm³/mol. The van der Waals surface area contributed by atoms with E-state index >= 15 is 0 Å². The number of hydrogen-bond donors (Lipinski definition) is 2. The van der Waals surface area contributed by atoms with Crippen LogP contribution in [0.2, 0.25) is 5.02 Å². The molecule has 0 unspecified atom stereocenters. The molecule has 2 aromatic carbocycles. The number of benzene rings is 2. The van der Waals surface area contributed by atoms with Gasteiger partial charge in [-0.25, -0.2) is 0 Å². The Morgan fingerprint density at radius 1 is 1.15 bits per heavy atom. The summed E-state index contributed by atoms with van der Waals surface area (Å²) in [6.07, 6.45) is 4.37. The lowest BCUT2D eigenvalue weighted by molar-refractivity contribution is -0.116. The van der Waals surface area contributed by atoms with Crippen LogP contribution in [-0.2, 0) is 11.4 Å². The molecule has 0 atom stereocenters. The molecule has 206 valence electrons. The van der Waals surface area contributed by atoms with E-state index in [1.54, 1.807) is 31.5 Å². The Labute approximate surface area is 238 Å². The average molecular weight is 559 g/mol. The first-order valence-corrected chi connectivity index (χ1v) is 13.1. The van der Waals surface area contributed by atoms with Crippen molar-refractivity contribution in [3.8, 4) is 17.6 Å². The van der Waals surface area contributed by atoms with E-state index in [2.05, 4.69) is 26.7 Å². The van der Waals surface area contributed by atoms with Gasteiger partial charge in [-0.1, -0.05) is 11.6 Å². The van der Waals surface area contributed by atoms with Crippen molar-refractivity contribution in [1.82, 2.24) is 14.9 Å². The number of nitriles is 1. The number of nitrogens with zero attached hydrogens (tertiary/aromatic N) is 4. The fraction of sp³-hybridized carbons (Fsp3) is 0.267. The minimum absolute atomic E-state index is 0.0612. The number of carbonyl (C=O) groups excluding carboxylic acids is 1. The molecule has 2 N–H and O–H groups in total. The molecule has 0 aliphatic rings. The Bertz CT molecular complexity index is 1570. The van der Waals surface area contributed by atoms with Crippen LogP contribution in [0.15, 0.2) is 54.9 Å². The first-order chi connectivity index (χ1) is 19.3. The second-order valence-electron chi connectivity index (χ2n) is 9.51. The standard InChI is InChI=1S/C30H31ClN6O3/c1-19-13-25-22(15-24(19)36-29(38)8-6-12-37(2)3)30(20(16-32)17-34-25)35-21-9-10-27(23(31)14-21)40-18-26-28(39-4)7-5-11-33-26/h5,7,9-11,13-15,17H,6,8,12,18H2,1-4H3,(H,34,35)(H,36,38). The molecule has 0 saturated carbocycles. The number of fused-ring (bicyclic) bond motifs is 1. The zero-order valence-electron chi connectivity index (χ0n) is 22.9. The van der Waals surface area contributed by atoms with Gasteiger partial charge in [0, 0.05) is 35.6 Å². The van der Waals surface area contributed by atoms with Crippen LogP contribution < -0.4 is 20.1 Å². The molecular weight excluding hydrogens is 528 g/mol. The number of methoxy groups -OCH3 is 1. The smallest absolute Gasteiger partial charge is 0.224 e. The number of carbonyl (C=O) groups is 1. The van der Waals surface area contributed by atoms with Crippen molar-refractivity contribution in [2.45, 2.75) is 26.4 Å². The lowest BCUT2D eigenvalue weighted by Crippen LogP contribution is -2.17. The molecule has 2 heterocycles. The van der Waals surface area contributed by atoms with Crippen molar-refractivity contribution in [2.24, 2.45) is 0 Å². The highest BCUT2D eigenvalue weighted by atomic mass is 35.5. The second-order valence-corrected chi connectivity index (χ2v) is 9.92. The van der Waals surface area contributed by atoms with Gasteiger partial charge < -0.3 is 25.0 Å². The van der Waals surface area contributed by atoms with Gasteiger partial charge in [-0.2, -0.15) is 5.26 Å². The molecule has 4 rings (SSSR count). The number of ether oxygens (including phenoxy) is 2. The number of nitrogens with one attached hydrogen (secondary N) is 2. The van der Waals surface area contributed by atoms with E-state index in [0.29, 0.717) is 62.2 Å². The summed E-state index contributed by atoms with van der Waals surface area (Å²) in [5, 5.41) is 17.2. The maximum Gasteiger partial charge on any atom is 0.224 e. The molecule has 40 heavy (non-hydrogen) atoms. The SMILES string of the molecule is COc1cccnc1COc1ccc(Nc2c(C#N)cnc3cc(C)c(NC(=O)CCCN(C)C)cc23)cc1Cl. The van der Waals surface area contributed by atoms with Crippen molar-refractivity contribution in [3.05, 3.63) is 76.7 Å². The van der Waals surface area contributed by atoms with Crippen molar-refractivity contribution in [3.63, 3.8) is 0 Å².